The first kappa shape index (κ1) is 11.1. The fourth-order valence-electron chi connectivity index (χ4n) is 1.58. The molecule has 2 aromatic heterocycles. The number of nitrogens with one attached hydrogen (secondary N) is 1. The highest BCUT2D eigenvalue weighted by molar-refractivity contribution is 6.28. The number of anilines is 1. The van der Waals surface area contributed by atoms with E-state index in [9.17, 15) is 0 Å². The number of rotatable bonds is 4. The molecule has 0 saturated heterocycles. The van der Waals surface area contributed by atoms with Crippen LogP contribution < -0.4 is 5.32 Å². The van der Waals surface area contributed by atoms with Crippen LogP contribution >= 0.6 is 11.6 Å². The molecule has 0 aliphatic heterocycles. The Kier molecular flexibility index (Phi) is 3.24. The first-order valence-electron chi connectivity index (χ1n) is 5.32. The third kappa shape index (κ3) is 1.95. The van der Waals surface area contributed by atoms with Crippen molar-refractivity contribution in [3.63, 3.8) is 0 Å². The van der Waals surface area contributed by atoms with Crippen molar-refractivity contribution >= 4 is 28.6 Å². The quantitative estimate of drug-likeness (QED) is 0.832. The Morgan fingerprint density at radius 1 is 1.44 bits per heavy atom. The number of unbranched alkanes of at least 4 members (excludes halogenated alkanes) is 1. The third-order valence-corrected chi connectivity index (χ3v) is 2.60. The van der Waals surface area contributed by atoms with E-state index in [0.717, 1.165) is 30.6 Å². The predicted octanol–water partition coefficient (Wildman–Crippen LogP) is 2.32. The number of fused-ring (bicyclic) bond motifs is 1. The molecule has 2 heterocycles. The summed E-state index contributed by atoms with van der Waals surface area (Å²) >= 11 is 5.86. The molecule has 1 N–H and O–H groups in total. The number of nitrogens with zero attached hydrogens (tertiary/aromatic N) is 4. The number of imidazole rings is 1. The van der Waals surface area contributed by atoms with Gasteiger partial charge in [-0.25, -0.2) is 4.98 Å². The van der Waals surface area contributed by atoms with Gasteiger partial charge in [0.25, 0.3) is 0 Å². The normalized spacial score (nSPS) is 10.9. The molecule has 2 rings (SSSR count). The van der Waals surface area contributed by atoms with Crippen LogP contribution in [0.25, 0.3) is 11.2 Å². The molecule has 0 aliphatic rings. The monoisotopic (exact) mass is 239 g/mol. The Hall–Kier alpha value is -1.36. The second-order valence-corrected chi connectivity index (χ2v) is 3.89. The van der Waals surface area contributed by atoms with Gasteiger partial charge in [-0.3, -0.25) is 0 Å². The molecule has 0 radical (unpaired) electrons. The summed E-state index contributed by atoms with van der Waals surface area (Å²) in [5.74, 6) is 0.672. The molecule has 16 heavy (non-hydrogen) atoms. The topological polar surface area (TPSA) is 55.6 Å². The number of halogens is 1. The van der Waals surface area contributed by atoms with Crippen LogP contribution in [-0.4, -0.2) is 26.6 Å². The molecule has 0 unspecified atom stereocenters. The summed E-state index contributed by atoms with van der Waals surface area (Å²) in [6.07, 6.45) is 4.02. The number of aryl methyl sites for hydroxylation is 1. The van der Waals surface area contributed by atoms with Crippen LogP contribution in [0.3, 0.4) is 0 Å². The Morgan fingerprint density at radius 3 is 2.94 bits per heavy atom. The van der Waals surface area contributed by atoms with Crippen molar-refractivity contribution in [2.24, 2.45) is 0 Å². The molecule has 0 aromatic carbocycles. The Bertz CT molecular complexity index is 493. The lowest BCUT2D eigenvalue weighted by Crippen LogP contribution is -2.00. The largest absolute Gasteiger partial charge is 0.371 e. The molecule has 0 aliphatic carbocycles. The summed E-state index contributed by atoms with van der Waals surface area (Å²) in [6.45, 7) is 3.06. The smallest absolute Gasteiger partial charge is 0.226 e. The minimum Gasteiger partial charge on any atom is -0.371 e. The van der Waals surface area contributed by atoms with Crippen molar-refractivity contribution in [3.8, 4) is 0 Å². The van der Waals surface area contributed by atoms with E-state index in [1.807, 2.05) is 4.57 Å². The zero-order chi connectivity index (χ0) is 11.5. The highest BCUT2D eigenvalue weighted by Gasteiger charge is 2.10. The number of hydrogen-bond acceptors (Lipinski definition) is 4. The maximum absolute atomic E-state index is 5.86. The summed E-state index contributed by atoms with van der Waals surface area (Å²) in [5.41, 5.74) is 1.56. The summed E-state index contributed by atoms with van der Waals surface area (Å²) in [6, 6.07) is 0. The average Bonchev–Trinajstić information content (AvgIpc) is 2.68. The Balaban J connectivity index is 2.49. The standard InChI is InChI=1S/C10H14ClN5/c1-3-4-5-16-6-13-7-8(12-2)14-10(11)15-9(7)16/h6H,3-5H2,1-2H3,(H,12,14,15). The van der Waals surface area contributed by atoms with Crippen molar-refractivity contribution in [1.82, 2.24) is 19.5 Å². The van der Waals surface area contributed by atoms with E-state index in [1.54, 1.807) is 13.4 Å². The van der Waals surface area contributed by atoms with Crippen molar-refractivity contribution in [1.29, 1.82) is 0 Å². The van der Waals surface area contributed by atoms with Crippen LogP contribution in [0.4, 0.5) is 5.82 Å². The molecule has 0 bridgehead atoms. The van der Waals surface area contributed by atoms with Gasteiger partial charge in [0, 0.05) is 13.6 Å². The molecule has 5 nitrogen and oxygen atoms in total. The molecule has 0 amide bonds. The molecular weight excluding hydrogens is 226 g/mol. The average molecular weight is 240 g/mol. The van der Waals surface area contributed by atoms with Gasteiger partial charge in [0.05, 0.1) is 6.33 Å². The fourth-order valence-corrected chi connectivity index (χ4v) is 1.75. The van der Waals surface area contributed by atoms with Gasteiger partial charge >= 0.3 is 0 Å². The van der Waals surface area contributed by atoms with E-state index in [-0.39, 0.29) is 5.28 Å². The zero-order valence-electron chi connectivity index (χ0n) is 9.37. The van der Waals surface area contributed by atoms with Crippen LogP contribution in [0, 0.1) is 0 Å². The van der Waals surface area contributed by atoms with Gasteiger partial charge < -0.3 is 9.88 Å². The first-order chi connectivity index (χ1) is 7.76. The van der Waals surface area contributed by atoms with Gasteiger partial charge in [-0.05, 0) is 18.0 Å². The molecule has 0 atom stereocenters. The third-order valence-electron chi connectivity index (χ3n) is 2.43. The van der Waals surface area contributed by atoms with E-state index in [1.165, 1.54) is 0 Å². The Labute approximate surface area is 98.9 Å². The highest BCUT2D eigenvalue weighted by atomic mass is 35.5. The van der Waals surface area contributed by atoms with Crippen LogP contribution in [0.1, 0.15) is 19.8 Å². The zero-order valence-corrected chi connectivity index (χ0v) is 10.1. The van der Waals surface area contributed by atoms with E-state index < -0.39 is 0 Å². The predicted molar refractivity (Wildman–Crippen MR) is 64.8 cm³/mol. The van der Waals surface area contributed by atoms with Gasteiger partial charge in [0.1, 0.15) is 0 Å². The van der Waals surface area contributed by atoms with E-state index in [0.29, 0.717) is 5.82 Å². The van der Waals surface area contributed by atoms with Gasteiger partial charge in [-0.2, -0.15) is 9.97 Å². The van der Waals surface area contributed by atoms with E-state index in [4.69, 9.17) is 11.6 Å². The van der Waals surface area contributed by atoms with Crippen LogP contribution in [-0.2, 0) is 6.54 Å². The van der Waals surface area contributed by atoms with Crippen molar-refractivity contribution < 1.29 is 0 Å². The Morgan fingerprint density at radius 2 is 2.25 bits per heavy atom. The van der Waals surface area contributed by atoms with Gasteiger partial charge in [0.15, 0.2) is 17.0 Å². The summed E-state index contributed by atoms with van der Waals surface area (Å²) in [4.78, 5) is 12.6. The molecule has 0 spiro atoms. The highest BCUT2D eigenvalue weighted by Crippen LogP contribution is 2.20. The van der Waals surface area contributed by atoms with Gasteiger partial charge in [0.2, 0.25) is 5.28 Å². The van der Waals surface area contributed by atoms with Gasteiger partial charge in [-0.15, -0.1) is 0 Å². The molecule has 0 fully saturated rings. The maximum atomic E-state index is 5.86. The molecule has 86 valence electrons. The lowest BCUT2D eigenvalue weighted by atomic mass is 10.3. The lowest BCUT2D eigenvalue weighted by molar-refractivity contribution is 0.641. The maximum Gasteiger partial charge on any atom is 0.226 e. The first-order valence-corrected chi connectivity index (χ1v) is 5.70. The molecule has 6 heteroatoms. The SMILES string of the molecule is CCCCn1cnc2c(NC)nc(Cl)nc21. The number of aromatic nitrogens is 4. The van der Waals surface area contributed by atoms with E-state index in [2.05, 4.69) is 27.2 Å². The summed E-state index contributed by atoms with van der Waals surface area (Å²) in [7, 11) is 1.79. The molecule has 0 saturated carbocycles. The van der Waals surface area contributed by atoms with Crippen LogP contribution in [0.5, 0.6) is 0 Å². The van der Waals surface area contributed by atoms with E-state index >= 15 is 0 Å². The van der Waals surface area contributed by atoms with Crippen LogP contribution in [0.2, 0.25) is 5.28 Å². The second kappa shape index (κ2) is 4.65. The molecule has 2 aromatic rings. The lowest BCUT2D eigenvalue weighted by Gasteiger charge is -2.03. The second-order valence-electron chi connectivity index (χ2n) is 3.55. The summed E-state index contributed by atoms with van der Waals surface area (Å²) < 4.78 is 2.01. The summed E-state index contributed by atoms with van der Waals surface area (Å²) in [5, 5.41) is 3.21. The van der Waals surface area contributed by atoms with Crippen molar-refractivity contribution in [2.45, 2.75) is 26.3 Å². The minimum atomic E-state index is 0.245. The van der Waals surface area contributed by atoms with Crippen molar-refractivity contribution in [2.75, 3.05) is 12.4 Å². The molecular formula is C10H14ClN5. The fraction of sp³-hybridized carbons (Fsp3) is 0.500. The van der Waals surface area contributed by atoms with Gasteiger partial charge in [-0.1, -0.05) is 13.3 Å². The van der Waals surface area contributed by atoms with Crippen molar-refractivity contribution in [3.05, 3.63) is 11.6 Å². The minimum absolute atomic E-state index is 0.245. The number of hydrogen-bond donors (Lipinski definition) is 1. The van der Waals surface area contributed by atoms with Crippen LogP contribution in [0.15, 0.2) is 6.33 Å².